The summed E-state index contributed by atoms with van der Waals surface area (Å²) in [6, 6.07) is 4.90. The van der Waals surface area contributed by atoms with Crippen molar-refractivity contribution in [3.63, 3.8) is 0 Å². The van der Waals surface area contributed by atoms with Crippen LogP contribution >= 0.6 is 34.8 Å². The minimum absolute atomic E-state index is 0.0438. The molecule has 178 valence electrons. The first-order valence-electron chi connectivity index (χ1n) is 9.42. The van der Waals surface area contributed by atoms with Crippen molar-refractivity contribution in [2.75, 3.05) is 0 Å². The van der Waals surface area contributed by atoms with Gasteiger partial charge in [-0.15, -0.1) is 0 Å². The average molecular weight is 532 g/mol. The summed E-state index contributed by atoms with van der Waals surface area (Å²) in [6.07, 6.45) is -6.44. The molecule has 3 rings (SSSR count). The maximum absolute atomic E-state index is 13.7. The third kappa shape index (κ3) is 6.49. The smallest absolute Gasteiger partial charge is 0.331 e. The monoisotopic (exact) mass is 530 g/mol. The molecule has 2 atom stereocenters. The summed E-state index contributed by atoms with van der Waals surface area (Å²) in [5.41, 5.74) is 1.59. The predicted octanol–water partition coefficient (Wildman–Crippen LogP) is 7.81. The summed E-state index contributed by atoms with van der Waals surface area (Å²) in [7, 11) is 0. The number of carbonyl (C=O) groups is 1. The van der Waals surface area contributed by atoms with E-state index in [1.54, 1.807) is 12.1 Å². The highest BCUT2D eigenvalue weighted by atomic mass is 35.5. The fourth-order valence-electron chi connectivity index (χ4n) is 3.59. The van der Waals surface area contributed by atoms with E-state index in [2.05, 4.69) is 5.32 Å². The minimum atomic E-state index is -4.85. The second kappa shape index (κ2) is 9.64. The lowest BCUT2D eigenvalue weighted by Crippen LogP contribution is -2.44. The highest BCUT2D eigenvalue weighted by Gasteiger charge is 2.39. The Labute approximate surface area is 199 Å². The molecule has 2 aromatic carbocycles. The van der Waals surface area contributed by atoms with Crippen LogP contribution in [0.2, 0.25) is 15.1 Å². The minimum Gasteiger partial charge on any atom is -0.331 e. The van der Waals surface area contributed by atoms with Crippen LogP contribution in [0.15, 0.2) is 36.4 Å². The molecule has 2 N–H and O–H groups in total. The summed E-state index contributed by atoms with van der Waals surface area (Å²) < 4.78 is 77.9. The third-order valence-electron chi connectivity index (χ3n) is 5.00. The highest BCUT2D eigenvalue weighted by molar-refractivity contribution is 6.48. The van der Waals surface area contributed by atoms with Gasteiger partial charge >= 0.3 is 18.5 Å². The molecule has 1 aliphatic carbocycles. The SMILES string of the molecule is O=C(NC1CCc2cc(C=CC(c3cc(Cl)c(Cl)c(Cl)c3)C(F)(F)F)ccc21)NC(F)(F)F. The van der Waals surface area contributed by atoms with E-state index in [9.17, 15) is 31.1 Å². The molecule has 2 amide bonds. The van der Waals surface area contributed by atoms with Crippen LogP contribution in [0, 0.1) is 0 Å². The van der Waals surface area contributed by atoms with Gasteiger partial charge in [-0.2, -0.15) is 26.3 Å². The zero-order chi connectivity index (χ0) is 24.6. The van der Waals surface area contributed by atoms with Crippen molar-refractivity contribution in [2.24, 2.45) is 0 Å². The molecule has 0 spiro atoms. The summed E-state index contributed by atoms with van der Waals surface area (Å²) in [4.78, 5) is 11.5. The van der Waals surface area contributed by atoms with Crippen LogP contribution in [-0.2, 0) is 6.42 Å². The Bertz CT molecular complexity index is 1060. The van der Waals surface area contributed by atoms with E-state index in [4.69, 9.17) is 34.8 Å². The van der Waals surface area contributed by atoms with Crippen molar-refractivity contribution in [2.45, 2.75) is 37.3 Å². The number of urea groups is 1. The molecule has 12 heteroatoms. The standard InChI is InChI=1S/C21H15Cl3F6N2O/c22-15-8-12(9-16(23)18(15)24)14(20(25,26)27)5-2-10-1-4-13-11(7-10)3-6-17(13)31-19(33)32-21(28,29)30/h1-2,4-5,7-9,14,17H,3,6H2,(H2,31,32,33). The van der Waals surface area contributed by atoms with Gasteiger partial charge in [-0.3, -0.25) is 0 Å². The van der Waals surface area contributed by atoms with Crippen molar-refractivity contribution < 1.29 is 31.1 Å². The van der Waals surface area contributed by atoms with E-state index in [0.29, 0.717) is 24.0 Å². The number of fused-ring (bicyclic) bond motifs is 1. The summed E-state index contributed by atoms with van der Waals surface area (Å²) in [5, 5.41) is 2.86. The molecular weight excluding hydrogens is 517 g/mol. The third-order valence-corrected chi connectivity index (χ3v) is 6.20. The Morgan fingerprint density at radius 1 is 1.03 bits per heavy atom. The molecular formula is C21H15Cl3F6N2O. The number of alkyl halides is 6. The molecule has 2 unspecified atom stereocenters. The lowest BCUT2D eigenvalue weighted by molar-refractivity contribution is -0.145. The molecule has 0 radical (unpaired) electrons. The van der Waals surface area contributed by atoms with Crippen LogP contribution in [0.1, 0.15) is 40.6 Å². The van der Waals surface area contributed by atoms with E-state index in [-0.39, 0.29) is 20.6 Å². The van der Waals surface area contributed by atoms with Crippen molar-refractivity contribution in [3.05, 3.63) is 73.7 Å². The van der Waals surface area contributed by atoms with Crippen molar-refractivity contribution in [1.82, 2.24) is 10.6 Å². The first-order chi connectivity index (χ1) is 15.2. The Hall–Kier alpha value is -2.10. The maximum atomic E-state index is 13.7. The van der Waals surface area contributed by atoms with Crippen LogP contribution in [0.5, 0.6) is 0 Å². The second-order valence-corrected chi connectivity index (χ2v) is 8.52. The Morgan fingerprint density at radius 3 is 2.24 bits per heavy atom. The normalized spacial score (nSPS) is 17.2. The average Bonchev–Trinajstić information content (AvgIpc) is 3.05. The van der Waals surface area contributed by atoms with E-state index < -0.39 is 30.5 Å². The molecule has 0 saturated heterocycles. The fraction of sp³-hybridized carbons (Fsp3) is 0.286. The Balaban J connectivity index is 1.80. The number of aryl methyl sites for hydroxylation is 1. The molecule has 0 bridgehead atoms. The predicted molar refractivity (Wildman–Crippen MR) is 115 cm³/mol. The van der Waals surface area contributed by atoms with E-state index >= 15 is 0 Å². The lowest BCUT2D eigenvalue weighted by Gasteiger charge is -2.18. The largest absolute Gasteiger partial charge is 0.485 e. The summed E-state index contributed by atoms with van der Waals surface area (Å²) in [6.45, 7) is 0. The van der Waals surface area contributed by atoms with Crippen molar-refractivity contribution in [1.29, 1.82) is 0 Å². The van der Waals surface area contributed by atoms with Crippen molar-refractivity contribution in [3.8, 4) is 0 Å². The number of amides is 2. The number of halogens is 9. The molecule has 0 saturated carbocycles. The van der Waals surface area contributed by atoms with Crippen LogP contribution in [0.3, 0.4) is 0 Å². The number of hydrogen-bond donors (Lipinski definition) is 2. The van der Waals surface area contributed by atoms with Gasteiger partial charge in [0.15, 0.2) is 0 Å². The maximum Gasteiger partial charge on any atom is 0.485 e. The topological polar surface area (TPSA) is 41.1 Å². The first-order valence-corrected chi connectivity index (χ1v) is 10.6. The lowest BCUT2D eigenvalue weighted by atomic mass is 9.96. The fourth-order valence-corrected chi connectivity index (χ4v) is 4.20. The van der Waals surface area contributed by atoms with Gasteiger partial charge in [-0.1, -0.05) is 65.2 Å². The molecule has 33 heavy (non-hydrogen) atoms. The first kappa shape index (κ1) is 25.5. The number of carbonyl (C=O) groups excluding carboxylic acids is 1. The molecule has 1 aliphatic rings. The summed E-state index contributed by atoms with van der Waals surface area (Å²) >= 11 is 17.6. The number of nitrogens with one attached hydrogen (secondary N) is 2. The van der Waals surface area contributed by atoms with Gasteiger partial charge in [0, 0.05) is 0 Å². The van der Waals surface area contributed by atoms with Gasteiger partial charge in [-0.25, -0.2) is 10.1 Å². The number of allylic oxidation sites excluding steroid dienone is 1. The molecule has 0 aliphatic heterocycles. The van der Waals surface area contributed by atoms with Gasteiger partial charge < -0.3 is 5.32 Å². The van der Waals surface area contributed by atoms with Gasteiger partial charge in [0.1, 0.15) is 0 Å². The van der Waals surface area contributed by atoms with Crippen LogP contribution in [0.4, 0.5) is 31.1 Å². The van der Waals surface area contributed by atoms with Crippen LogP contribution < -0.4 is 10.6 Å². The summed E-state index contributed by atoms with van der Waals surface area (Å²) in [5.74, 6) is -2.00. The molecule has 0 aromatic heterocycles. The Kier molecular flexibility index (Phi) is 7.45. The quantitative estimate of drug-likeness (QED) is 0.236. The molecule has 0 heterocycles. The van der Waals surface area contributed by atoms with Gasteiger partial charge in [0.25, 0.3) is 0 Å². The van der Waals surface area contributed by atoms with Gasteiger partial charge in [-0.05, 0) is 47.2 Å². The molecule has 0 fully saturated rings. The second-order valence-electron chi connectivity index (χ2n) is 7.32. The number of hydrogen-bond acceptors (Lipinski definition) is 1. The zero-order valence-electron chi connectivity index (χ0n) is 16.4. The van der Waals surface area contributed by atoms with E-state index in [0.717, 1.165) is 29.1 Å². The molecule has 3 nitrogen and oxygen atoms in total. The molecule has 2 aromatic rings. The Morgan fingerprint density at radius 2 is 1.67 bits per heavy atom. The zero-order valence-corrected chi connectivity index (χ0v) is 18.7. The van der Waals surface area contributed by atoms with Crippen LogP contribution in [0.25, 0.3) is 6.08 Å². The van der Waals surface area contributed by atoms with E-state index in [1.165, 1.54) is 12.1 Å². The van der Waals surface area contributed by atoms with Gasteiger partial charge in [0.2, 0.25) is 0 Å². The number of rotatable bonds is 4. The van der Waals surface area contributed by atoms with Crippen molar-refractivity contribution >= 4 is 46.9 Å². The van der Waals surface area contributed by atoms with Gasteiger partial charge in [0.05, 0.1) is 27.0 Å². The van der Waals surface area contributed by atoms with Crippen LogP contribution in [-0.4, -0.2) is 18.5 Å². The van der Waals surface area contributed by atoms with E-state index in [1.807, 2.05) is 0 Å². The number of benzene rings is 2. The highest BCUT2D eigenvalue weighted by Crippen LogP contribution is 2.41.